The van der Waals surface area contributed by atoms with Crippen molar-refractivity contribution < 1.29 is 14.6 Å². The van der Waals surface area contributed by atoms with Gasteiger partial charge in [0.05, 0.1) is 25.0 Å². The summed E-state index contributed by atoms with van der Waals surface area (Å²) in [6.45, 7) is 6.14. The van der Waals surface area contributed by atoms with Crippen LogP contribution in [0.4, 0.5) is 0 Å². The number of hydrogen-bond donors (Lipinski definition) is 1. The van der Waals surface area contributed by atoms with Crippen LogP contribution < -0.4 is 0 Å². The molecule has 0 radical (unpaired) electrons. The Morgan fingerprint density at radius 1 is 1.31 bits per heavy atom. The summed E-state index contributed by atoms with van der Waals surface area (Å²) in [4.78, 5) is 14.4. The van der Waals surface area contributed by atoms with E-state index in [1.54, 1.807) is 10.9 Å². The molecule has 3 heterocycles. The molecule has 1 unspecified atom stereocenters. The summed E-state index contributed by atoms with van der Waals surface area (Å²) in [5, 5.41) is 18.0. The minimum Gasteiger partial charge on any atom is -0.455 e. The van der Waals surface area contributed by atoms with E-state index >= 15 is 0 Å². The molecule has 1 aromatic rings. The van der Waals surface area contributed by atoms with Gasteiger partial charge >= 0.3 is 5.97 Å². The molecule has 1 atom stereocenters. The van der Waals surface area contributed by atoms with Gasteiger partial charge < -0.3 is 14.7 Å². The van der Waals surface area contributed by atoms with Crippen molar-refractivity contribution in [2.45, 2.75) is 52.2 Å². The molecular formula is C22H26N4O3. The fourth-order valence-electron chi connectivity index (χ4n) is 4.12. The average Bonchev–Trinajstić information content (AvgIpc) is 3.56. The summed E-state index contributed by atoms with van der Waals surface area (Å²) in [6.07, 6.45) is 11.7. The molecule has 0 bridgehead atoms. The second-order valence-electron chi connectivity index (χ2n) is 9.28. The molecule has 0 spiro atoms. The Morgan fingerprint density at radius 2 is 2.10 bits per heavy atom. The van der Waals surface area contributed by atoms with Gasteiger partial charge in [-0.1, -0.05) is 5.21 Å². The number of ether oxygens (including phenoxy) is 1. The van der Waals surface area contributed by atoms with Crippen LogP contribution in [0.2, 0.25) is 0 Å². The van der Waals surface area contributed by atoms with Gasteiger partial charge in [0.1, 0.15) is 5.60 Å². The second-order valence-corrected chi connectivity index (χ2v) is 9.28. The van der Waals surface area contributed by atoms with Crippen molar-refractivity contribution in [2.24, 2.45) is 11.8 Å². The van der Waals surface area contributed by atoms with E-state index in [0.717, 1.165) is 12.0 Å². The molecule has 7 nitrogen and oxygen atoms in total. The lowest BCUT2D eigenvalue weighted by atomic mass is 9.97. The molecule has 5 rings (SSSR count). The van der Waals surface area contributed by atoms with E-state index < -0.39 is 11.6 Å². The van der Waals surface area contributed by atoms with Crippen LogP contribution in [-0.4, -0.2) is 43.2 Å². The lowest BCUT2D eigenvalue weighted by molar-refractivity contribution is 0.00627. The van der Waals surface area contributed by atoms with Crippen LogP contribution >= 0.6 is 0 Å². The zero-order valence-electron chi connectivity index (χ0n) is 17.1. The Kier molecular flexibility index (Phi) is 4.07. The summed E-state index contributed by atoms with van der Waals surface area (Å²) in [5.74, 6) is 0.561. The minimum absolute atomic E-state index is 0.0671. The Bertz CT molecular complexity index is 1000. The zero-order valence-corrected chi connectivity index (χ0v) is 17.1. The van der Waals surface area contributed by atoms with Crippen LogP contribution in [0.5, 0.6) is 0 Å². The van der Waals surface area contributed by atoms with E-state index in [9.17, 15) is 9.90 Å². The first kappa shape index (κ1) is 18.4. The molecule has 29 heavy (non-hydrogen) atoms. The average molecular weight is 394 g/mol. The number of aromatic nitrogens is 3. The van der Waals surface area contributed by atoms with Crippen LogP contribution in [0.3, 0.4) is 0 Å². The molecule has 2 fully saturated rings. The number of carbonyl (C=O) groups is 1. The fraction of sp³-hybridized carbons (Fsp3) is 0.500. The van der Waals surface area contributed by atoms with Gasteiger partial charge in [-0.25, -0.2) is 9.48 Å². The molecular weight excluding hydrogens is 368 g/mol. The van der Waals surface area contributed by atoms with E-state index in [0.29, 0.717) is 18.4 Å². The van der Waals surface area contributed by atoms with Crippen molar-refractivity contribution in [2.75, 3.05) is 6.61 Å². The third kappa shape index (κ3) is 3.55. The first-order valence-corrected chi connectivity index (χ1v) is 10.2. The number of aliphatic hydroxyl groups is 1. The lowest BCUT2D eigenvalue weighted by Crippen LogP contribution is -2.24. The number of aliphatic hydroxyl groups excluding tert-OH is 1. The van der Waals surface area contributed by atoms with Crippen molar-refractivity contribution in [3.63, 3.8) is 0 Å². The van der Waals surface area contributed by atoms with E-state index in [1.165, 1.54) is 35.3 Å². The van der Waals surface area contributed by atoms with Gasteiger partial charge in [-0.2, -0.15) is 0 Å². The molecule has 2 aliphatic heterocycles. The Hall–Kier alpha value is -2.67. The second kappa shape index (κ2) is 6.42. The summed E-state index contributed by atoms with van der Waals surface area (Å²) in [6, 6.07) is 0. The highest BCUT2D eigenvalue weighted by Gasteiger charge is 2.43. The van der Waals surface area contributed by atoms with Gasteiger partial charge in [0.25, 0.3) is 0 Å². The third-order valence-electron chi connectivity index (χ3n) is 5.64. The number of allylic oxidation sites excluding steroid dienone is 4. The molecule has 1 aromatic heterocycles. The maximum absolute atomic E-state index is 12.2. The van der Waals surface area contributed by atoms with Gasteiger partial charge in [0.15, 0.2) is 5.69 Å². The minimum atomic E-state index is -0.561. The monoisotopic (exact) mass is 394 g/mol. The van der Waals surface area contributed by atoms with Gasteiger partial charge in [0.2, 0.25) is 0 Å². The molecule has 0 aromatic carbocycles. The maximum Gasteiger partial charge on any atom is 0.361 e. The topological polar surface area (TPSA) is 80.5 Å². The predicted molar refractivity (Wildman–Crippen MR) is 106 cm³/mol. The van der Waals surface area contributed by atoms with Crippen LogP contribution in [-0.2, 0) is 11.3 Å². The highest BCUT2D eigenvalue weighted by atomic mass is 16.6. The summed E-state index contributed by atoms with van der Waals surface area (Å²) in [5.41, 5.74) is 5.78. The Morgan fingerprint density at radius 3 is 2.79 bits per heavy atom. The van der Waals surface area contributed by atoms with Crippen molar-refractivity contribution in [1.29, 1.82) is 0 Å². The van der Waals surface area contributed by atoms with Crippen LogP contribution in [0.25, 0.3) is 0 Å². The zero-order chi connectivity index (χ0) is 20.3. The van der Waals surface area contributed by atoms with Crippen molar-refractivity contribution in [3.05, 3.63) is 58.4 Å². The summed E-state index contributed by atoms with van der Waals surface area (Å²) >= 11 is 0. The molecule has 4 aliphatic rings. The summed E-state index contributed by atoms with van der Waals surface area (Å²) in [7, 11) is 0. The van der Waals surface area contributed by atoms with E-state index in [1.807, 2.05) is 20.8 Å². The molecule has 1 N–H and O–H groups in total. The third-order valence-corrected chi connectivity index (χ3v) is 5.64. The molecule has 2 saturated carbocycles. The highest BCUT2D eigenvalue weighted by molar-refractivity contribution is 5.87. The number of nitrogens with zero attached hydrogens (tertiary/aromatic N) is 4. The molecule has 0 amide bonds. The standard InChI is InChI=1S/C22H26N4O3/c1-22(2,3)29-21(28)19-11-26(24-23-19)10-16-9-25-8-14(13-4-5-13)6-15(12-27)20(25)18-7-17(16)18/h6,8-9,11,13,17,27H,4-5,7,10,12H2,1-3H3. The number of hydrogen-bond acceptors (Lipinski definition) is 6. The first-order valence-electron chi connectivity index (χ1n) is 10.2. The van der Waals surface area contributed by atoms with Crippen LogP contribution in [0, 0.1) is 11.8 Å². The Labute approximate surface area is 170 Å². The van der Waals surface area contributed by atoms with Crippen molar-refractivity contribution >= 4 is 5.97 Å². The van der Waals surface area contributed by atoms with Crippen LogP contribution in [0.15, 0.2) is 52.7 Å². The number of rotatable bonds is 5. The Balaban J connectivity index is 1.35. The molecule has 0 saturated heterocycles. The summed E-state index contributed by atoms with van der Waals surface area (Å²) < 4.78 is 7.07. The molecule has 2 aliphatic carbocycles. The number of carbonyl (C=O) groups excluding carboxylic acids is 1. The van der Waals surface area contributed by atoms with Crippen LogP contribution in [0.1, 0.15) is 50.5 Å². The van der Waals surface area contributed by atoms with Gasteiger partial charge in [-0.3, -0.25) is 0 Å². The highest BCUT2D eigenvalue weighted by Crippen LogP contribution is 2.53. The van der Waals surface area contributed by atoms with Gasteiger partial charge in [-0.15, -0.1) is 5.10 Å². The predicted octanol–water partition coefficient (Wildman–Crippen LogP) is 2.93. The van der Waals surface area contributed by atoms with E-state index in [-0.39, 0.29) is 12.3 Å². The quantitative estimate of drug-likeness (QED) is 0.774. The van der Waals surface area contributed by atoms with Crippen molar-refractivity contribution in [1.82, 2.24) is 19.9 Å². The SMILES string of the molecule is CC(C)(C)OC(=O)c1cn(CC2=CN3C=C(C4CC4)C=C(CO)C3=C3CC23)nn1. The molecule has 152 valence electrons. The van der Waals surface area contributed by atoms with Gasteiger partial charge in [0, 0.05) is 23.9 Å². The smallest absolute Gasteiger partial charge is 0.361 e. The normalized spacial score (nSPS) is 23.1. The number of fused-ring (bicyclic) bond motifs is 2. The first-order chi connectivity index (χ1) is 13.8. The largest absolute Gasteiger partial charge is 0.455 e. The molecule has 7 heteroatoms. The van der Waals surface area contributed by atoms with E-state index in [2.05, 4.69) is 33.7 Å². The maximum atomic E-state index is 12.2. The van der Waals surface area contributed by atoms with E-state index in [4.69, 9.17) is 4.74 Å². The number of esters is 1. The fourth-order valence-corrected chi connectivity index (χ4v) is 4.12. The van der Waals surface area contributed by atoms with Gasteiger partial charge in [-0.05, 0) is 68.7 Å². The lowest BCUT2D eigenvalue weighted by Gasteiger charge is -2.30. The van der Waals surface area contributed by atoms with Crippen molar-refractivity contribution in [3.8, 4) is 0 Å².